The second-order valence-electron chi connectivity index (χ2n) is 5.04. The van der Waals surface area contributed by atoms with E-state index in [0.29, 0.717) is 11.5 Å². The molecule has 0 spiro atoms. The monoisotopic (exact) mass is 302 g/mol. The topological polar surface area (TPSA) is 84.7 Å². The number of hydrogen-bond donors (Lipinski definition) is 2. The molecule has 2 N–H and O–H groups in total. The van der Waals surface area contributed by atoms with Crippen molar-refractivity contribution in [1.82, 2.24) is 24.8 Å². The van der Waals surface area contributed by atoms with Crippen LogP contribution >= 0.6 is 0 Å². The number of hydrogen-bond acceptors (Lipinski definition) is 5. The number of amides is 1. The van der Waals surface area contributed by atoms with Crippen LogP contribution in [0, 0.1) is 0 Å². The zero-order valence-corrected chi connectivity index (χ0v) is 13.2. The van der Waals surface area contributed by atoms with Crippen molar-refractivity contribution in [1.29, 1.82) is 0 Å². The first-order valence-corrected chi connectivity index (χ1v) is 7.49. The van der Waals surface area contributed by atoms with Crippen LogP contribution in [0.1, 0.15) is 48.9 Å². The van der Waals surface area contributed by atoms with E-state index in [4.69, 9.17) is 0 Å². The van der Waals surface area contributed by atoms with Crippen LogP contribution in [-0.2, 0) is 7.05 Å². The van der Waals surface area contributed by atoms with Crippen molar-refractivity contribution in [2.45, 2.75) is 32.7 Å². The number of aryl methyl sites for hydroxylation is 1. The number of nitrogens with zero attached hydrogens (tertiary/aromatic N) is 4. The van der Waals surface area contributed by atoms with Gasteiger partial charge in [-0.05, 0) is 13.3 Å². The molecule has 0 saturated carbocycles. The summed E-state index contributed by atoms with van der Waals surface area (Å²) in [6.45, 7) is 4.78. The van der Waals surface area contributed by atoms with Gasteiger partial charge in [0, 0.05) is 38.4 Å². The van der Waals surface area contributed by atoms with Gasteiger partial charge >= 0.3 is 0 Å². The van der Waals surface area contributed by atoms with Crippen LogP contribution in [-0.4, -0.2) is 32.0 Å². The smallest absolute Gasteiger partial charge is 0.255 e. The summed E-state index contributed by atoms with van der Waals surface area (Å²) in [5.74, 6) is 1.18. The van der Waals surface area contributed by atoms with Crippen LogP contribution in [0.25, 0.3) is 0 Å². The molecule has 0 bridgehead atoms. The van der Waals surface area contributed by atoms with Crippen molar-refractivity contribution < 1.29 is 4.79 Å². The van der Waals surface area contributed by atoms with Crippen molar-refractivity contribution in [2.75, 3.05) is 11.9 Å². The number of carbonyl (C=O) groups is 1. The Bertz CT molecular complexity index is 607. The van der Waals surface area contributed by atoms with Crippen LogP contribution in [0.3, 0.4) is 0 Å². The molecule has 0 aliphatic heterocycles. The van der Waals surface area contributed by atoms with E-state index in [9.17, 15) is 4.79 Å². The number of anilines is 1. The van der Waals surface area contributed by atoms with Crippen molar-refractivity contribution in [2.24, 2.45) is 7.05 Å². The average Bonchev–Trinajstić information content (AvgIpc) is 2.94. The number of imidazole rings is 1. The van der Waals surface area contributed by atoms with Gasteiger partial charge in [-0.25, -0.2) is 15.0 Å². The summed E-state index contributed by atoms with van der Waals surface area (Å²) in [5, 5.41) is 6.00. The second-order valence-corrected chi connectivity index (χ2v) is 5.04. The summed E-state index contributed by atoms with van der Waals surface area (Å²) < 4.78 is 1.92. The van der Waals surface area contributed by atoms with E-state index in [2.05, 4.69) is 32.5 Å². The third-order valence-corrected chi connectivity index (χ3v) is 3.30. The molecule has 0 aliphatic carbocycles. The Morgan fingerprint density at radius 1 is 1.27 bits per heavy atom. The quantitative estimate of drug-likeness (QED) is 0.816. The Labute approximate surface area is 130 Å². The molecule has 7 nitrogen and oxygen atoms in total. The Morgan fingerprint density at radius 2 is 2.00 bits per heavy atom. The zero-order valence-electron chi connectivity index (χ0n) is 13.2. The number of carbonyl (C=O) groups excluding carboxylic acids is 1. The molecule has 2 aromatic rings. The van der Waals surface area contributed by atoms with Crippen LogP contribution in [0.4, 0.5) is 5.95 Å². The van der Waals surface area contributed by atoms with Crippen LogP contribution in [0.5, 0.6) is 0 Å². The highest BCUT2D eigenvalue weighted by molar-refractivity contribution is 5.93. The first-order valence-electron chi connectivity index (χ1n) is 7.49. The predicted molar refractivity (Wildman–Crippen MR) is 84.5 cm³/mol. The summed E-state index contributed by atoms with van der Waals surface area (Å²) in [4.78, 5) is 24.9. The highest BCUT2D eigenvalue weighted by atomic mass is 16.1. The van der Waals surface area contributed by atoms with Gasteiger partial charge in [0.25, 0.3) is 5.91 Å². The lowest BCUT2D eigenvalue weighted by molar-refractivity contribution is 0.0931. The minimum absolute atomic E-state index is 0.119. The Balaban J connectivity index is 2.09. The van der Waals surface area contributed by atoms with Crippen molar-refractivity contribution >= 4 is 11.9 Å². The zero-order chi connectivity index (χ0) is 15.9. The molecule has 2 aromatic heterocycles. The molecule has 22 heavy (non-hydrogen) atoms. The Morgan fingerprint density at radius 3 is 2.55 bits per heavy atom. The lowest BCUT2D eigenvalue weighted by Gasteiger charge is -2.17. The SMILES string of the molecule is CCC[C@H](NC(=O)c1cnc(NCC)nc1)c1nccn1C. The van der Waals surface area contributed by atoms with E-state index < -0.39 is 0 Å². The van der Waals surface area contributed by atoms with Gasteiger partial charge in [-0.3, -0.25) is 4.79 Å². The van der Waals surface area contributed by atoms with Crippen molar-refractivity contribution in [3.05, 3.63) is 36.2 Å². The average molecular weight is 302 g/mol. The largest absolute Gasteiger partial charge is 0.355 e. The van der Waals surface area contributed by atoms with E-state index >= 15 is 0 Å². The Hall–Kier alpha value is -2.44. The summed E-state index contributed by atoms with van der Waals surface area (Å²) in [7, 11) is 1.92. The molecular weight excluding hydrogens is 280 g/mol. The lowest BCUT2D eigenvalue weighted by atomic mass is 10.1. The molecule has 0 saturated heterocycles. The molecule has 7 heteroatoms. The molecule has 0 aliphatic rings. The van der Waals surface area contributed by atoms with E-state index in [1.54, 1.807) is 6.20 Å². The summed E-state index contributed by atoms with van der Waals surface area (Å²) in [5.41, 5.74) is 0.442. The third-order valence-electron chi connectivity index (χ3n) is 3.30. The molecule has 118 valence electrons. The van der Waals surface area contributed by atoms with Gasteiger partial charge in [-0.1, -0.05) is 13.3 Å². The maximum absolute atomic E-state index is 12.4. The van der Waals surface area contributed by atoms with Gasteiger partial charge < -0.3 is 15.2 Å². The van der Waals surface area contributed by atoms with E-state index in [1.165, 1.54) is 12.4 Å². The minimum Gasteiger partial charge on any atom is -0.355 e. The highest BCUT2D eigenvalue weighted by Crippen LogP contribution is 2.16. The molecule has 0 radical (unpaired) electrons. The first-order chi connectivity index (χ1) is 10.7. The number of rotatable bonds is 7. The van der Waals surface area contributed by atoms with Crippen molar-refractivity contribution in [3.63, 3.8) is 0 Å². The summed E-state index contributed by atoms with van der Waals surface area (Å²) in [6, 6.07) is -0.119. The fourth-order valence-electron chi connectivity index (χ4n) is 2.20. The minimum atomic E-state index is -0.190. The first kappa shape index (κ1) is 15.9. The molecule has 0 unspecified atom stereocenters. The van der Waals surface area contributed by atoms with Gasteiger partial charge in [0.15, 0.2) is 0 Å². The summed E-state index contributed by atoms with van der Waals surface area (Å²) in [6.07, 6.45) is 8.45. The number of nitrogens with one attached hydrogen (secondary N) is 2. The standard InChI is InChI=1S/C15H22N6O/c1-4-6-12(13-17-7-8-21(13)3)20-14(22)11-9-18-15(16-5-2)19-10-11/h7-10,12H,4-6H2,1-3H3,(H,20,22)(H,16,18,19)/t12-/m0/s1. The van der Waals surface area contributed by atoms with Gasteiger partial charge in [0.2, 0.25) is 5.95 Å². The van der Waals surface area contributed by atoms with E-state index in [-0.39, 0.29) is 11.9 Å². The molecular formula is C15H22N6O. The maximum atomic E-state index is 12.4. The Kier molecular flexibility index (Phi) is 5.46. The predicted octanol–water partition coefficient (Wildman–Crippen LogP) is 1.91. The van der Waals surface area contributed by atoms with Gasteiger partial charge in [-0.2, -0.15) is 0 Å². The van der Waals surface area contributed by atoms with Crippen LogP contribution < -0.4 is 10.6 Å². The summed E-state index contributed by atoms with van der Waals surface area (Å²) >= 11 is 0. The van der Waals surface area contributed by atoms with E-state index in [1.807, 2.05) is 24.7 Å². The van der Waals surface area contributed by atoms with Gasteiger partial charge in [-0.15, -0.1) is 0 Å². The van der Waals surface area contributed by atoms with Crippen LogP contribution in [0.15, 0.2) is 24.8 Å². The van der Waals surface area contributed by atoms with Crippen molar-refractivity contribution in [3.8, 4) is 0 Å². The highest BCUT2D eigenvalue weighted by Gasteiger charge is 2.19. The molecule has 2 heterocycles. The fraction of sp³-hybridized carbons (Fsp3) is 0.467. The molecule has 2 rings (SSSR count). The third kappa shape index (κ3) is 3.81. The second kappa shape index (κ2) is 7.53. The molecule has 1 atom stereocenters. The van der Waals surface area contributed by atoms with Crippen LogP contribution in [0.2, 0.25) is 0 Å². The molecule has 0 aromatic carbocycles. The normalized spacial score (nSPS) is 12.0. The van der Waals surface area contributed by atoms with Gasteiger partial charge in [0.1, 0.15) is 5.82 Å². The fourth-order valence-corrected chi connectivity index (χ4v) is 2.20. The maximum Gasteiger partial charge on any atom is 0.255 e. The van der Waals surface area contributed by atoms with E-state index in [0.717, 1.165) is 25.2 Å². The molecule has 0 fully saturated rings. The van der Waals surface area contributed by atoms with Gasteiger partial charge in [0.05, 0.1) is 11.6 Å². The molecule has 1 amide bonds. The lowest BCUT2D eigenvalue weighted by Crippen LogP contribution is -2.30. The number of aromatic nitrogens is 4.